The number of thioether (sulfide) groups is 1. The lowest BCUT2D eigenvalue weighted by molar-refractivity contribution is -0.117. The molecule has 2 aromatic heterocycles. The van der Waals surface area contributed by atoms with E-state index in [4.69, 9.17) is 4.74 Å². The largest absolute Gasteiger partial charge is 0.380 e. The number of hydrogen-bond acceptors (Lipinski definition) is 5. The third-order valence-electron chi connectivity index (χ3n) is 3.68. The fraction of sp³-hybridized carbons (Fsp3) is 0.333. The van der Waals surface area contributed by atoms with E-state index in [0.717, 1.165) is 19.9 Å². The molecule has 3 rings (SSSR count). The number of carbonyl (C=O) groups is 1. The zero-order valence-electron chi connectivity index (χ0n) is 14.2. The van der Waals surface area contributed by atoms with Gasteiger partial charge >= 0.3 is 0 Å². The fourth-order valence-electron chi connectivity index (χ4n) is 2.49. The number of fused-ring (bicyclic) bond motifs is 1. The number of amides is 1. The van der Waals surface area contributed by atoms with Crippen molar-refractivity contribution in [3.8, 4) is 0 Å². The summed E-state index contributed by atoms with van der Waals surface area (Å²) in [6, 6.07) is 10.3. The van der Waals surface area contributed by atoms with Gasteiger partial charge in [-0.2, -0.15) is 4.99 Å². The fourth-order valence-corrected chi connectivity index (χ4v) is 4.81. The van der Waals surface area contributed by atoms with Crippen LogP contribution in [0.5, 0.6) is 0 Å². The molecule has 1 aromatic carbocycles. The molecule has 0 unspecified atom stereocenters. The smallest absolute Gasteiger partial charge is 0.253 e. The van der Waals surface area contributed by atoms with Gasteiger partial charge in [-0.25, -0.2) is 0 Å². The van der Waals surface area contributed by atoms with Crippen molar-refractivity contribution in [2.75, 3.05) is 19.5 Å². The molecule has 0 radical (unpaired) electrons. The van der Waals surface area contributed by atoms with E-state index in [-0.39, 0.29) is 5.91 Å². The first-order chi connectivity index (χ1) is 12.2. The van der Waals surface area contributed by atoms with E-state index in [0.29, 0.717) is 26.2 Å². The van der Waals surface area contributed by atoms with Crippen LogP contribution in [0.4, 0.5) is 0 Å². The molecule has 0 bridgehead atoms. The molecule has 132 valence electrons. The lowest BCUT2D eigenvalue weighted by Crippen LogP contribution is -2.20. The van der Waals surface area contributed by atoms with Crippen molar-refractivity contribution in [3.63, 3.8) is 0 Å². The Morgan fingerprint density at radius 3 is 2.96 bits per heavy atom. The minimum absolute atomic E-state index is 0.107. The van der Waals surface area contributed by atoms with E-state index in [1.165, 1.54) is 4.90 Å². The second-order valence-electron chi connectivity index (χ2n) is 5.33. The number of nitrogens with zero attached hydrogens (tertiary/aromatic N) is 2. The van der Waals surface area contributed by atoms with Gasteiger partial charge in [0.25, 0.3) is 5.91 Å². The molecule has 0 saturated heterocycles. The maximum Gasteiger partial charge on any atom is 0.253 e. The van der Waals surface area contributed by atoms with E-state index in [9.17, 15) is 4.79 Å². The number of carbonyl (C=O) groups excluding carboxylic acids is 1. The molecule has 7 heteroatoms. The average Bonchev–Trinajstić information content (AvgIpc) is 3.22. The zero-order chi connectivity index (χ0) is 17.6. The molecular weight excluding hydrogens is 372 g/mol. The van der Waals surface area contributed by atoms with Gasteiger partial charge in [-0.15, -0.1) is 23.1 Å². The Hall–Kier alpha value is -1.41. The van der Waals surface area contributed by atoms with Crippen LogP contribution in [0.2, 0.25) is 0 Å². The van der Waals surface area contributed by atoms with Gasteiger partial charge in [0.15, 0.2) is 4.80 Å². The Balaban J connectivity index is 1.97. The number of ether oxygens (including phenoxy) is 1. The Bertz CT molecular complexity index is 910. The van der Waals surface area contributed by atoms with Gasteiger partial charge in [0.1, 0.15) is 0 Å². The molecule has 1 amide bonds. The average molecular weight is 393 g/mol. The maximum atomic E-state index is 12.4. The highest BCUT2D eigenvalue weighted by Gasteiger charge is 2.09. The van der Waals surface area contributed by atoms with E-state index >= 15 is 0 Å². The molecule has 0 N–H and O–H groups in total. The summed E-state index contributed by atoms with van der Waals surface area (Å²) in [5.74, 6) is -0.107. The summed E-state index contributed by atoms with van der Waals surface area (Å²) >= 11 is 4.86. The van der Waals surface area contributed by atoms with Gasteiger partial charge in [0, 0.05) is 22.9 Å². The summed E-state index contributed by atoms with van der Waals surface area (Å²) in [4.78, 5) is 19.7. The number of rotatable bonds is 7. The van der Waals surface area contributed by atoms with Crippen LogP contribution < -0.4 is 4.80 Å². The van der Waals surface area contributed by atoms with Crippen LogP contribution in [0.15, 0.2) is 45.6 Å². The maximum absolute atomic E-state index is 12.4. The van der Waals surface area contributed by atoms with E-state index in [1.807, 2.05) is 24.4 Å². The molecule has 0 aliphatic carbocycles. The highest BCUT2D eigenvalue weighted by molar-refractivity contribution is 7.98. The van der Waals surface area contributed by atoms with Gasteiger partial charge < -0.3 is 9.30 Å². The molecular formula is C18H20N2O2S3. The van der Waals surface area contributed by atoms with Crippen LogP contribution in [0.3, 0.4) is 0 Å². The zero-order valence-corrected chi connectivity index (χ0v) is 16.7. The summed E-state index contributed by atoms with van der Waals surface area (Å²) in [6.07, 6.45) is 2.42. The van der Waals surface area contributed by atoms with Crippen LogP contribution in [-0.2, 0) is 22.5 Å². The number of aromatic nitrogens is 1. The van der Waals surface area contributed by atoms with Crippen molar-refractivity contribution in [2.24, 2.45) is 4.99 Å². The number of hydrogen-bond donors (Lipinski definition) is 0. The second kappa shape index (κ2) is 8.80. The van der Waals surface area contributed by atoms with Gasteiger partial charge in [0.05, 0.1) is 23.2 Å². The third-order valence-corrected chi connectivity index (χ3v) is 6.32. The van der Waals surface area contributed by atoms with Gasteiger partial charge in [0.2, 0.25) is 0 Å². The minimum atomic E-state index is -0.107. The van der Waals surface area contributed by atoms with Gasteiger partial charge in [-0.3, -0.25) is 4.79 Å². The van der Waals surface area contributed by atoms with Crippen molar-refractivity contribution in [1.82, 2.24) is 4.57 Å². The lowest BCUT2D eigenvalue weighted by atomic mass is 10.3. The number of thiazole rings is 1. The molecule has 0 spiro atoms. The molecule has 0 atom stereocenters. The Morgan fingerprint density at radius 2 is 2.24 bits per heavy atom. The van der Waals surface area contributed by atoms with E-state index in [2.05, 4.69) is 34.0 Å². The van der Waals surface area contributed by atoms with Crippen molar-refractivity contribution in [3.05, 3.63) is 45.4 Å². The molecule has 3 aromatic rings. The van der Waals surface area contributed by atoms with Gasteiger partial charge in [-0.05, 0) is 42.8 Å². The van der Waals surface area contributed by atoms with Crippen LogP contribution in [0.1, 0.15) is 11.8 Å². The predicted molar refractivity (Wildman–Crippen MR) is 107 cm³/mol. The van der Waals surface area contributed by atoms with Crippen molar-refractivity contribution < 1.29 is 9.53 Å². The Morgan fingerprint density at radius 1 is 1.36 bits per heavy atom. The summed E-state index contributed by atoms with van der Waals surface area (Å²) in [7, 11) is 0. The first kappa shape index (κ1) is 18.4. The van der Waals surface area contributed by atoms with Crippen molar-refractivity contribution in [1.29, 1.82) is 0 Å². The summed E-state index contributed by atoms with van der Waals surface area (Å²) in [5.41, 5.74) is 1.10. The monoisotopic (exact) mass is 392 g/mol. The molecule has 0 aliphatic rings. The SMILES string of the molecule is CCOCCn1c(=NC(=O)Cc2cccs2)sc2cc(SC)ccc21. The number of thiophene rings is 1. The predicted octanol–water partition coefficient (Wildman–Crippen LogP) is 4.19. The third kappa shape index (κ3) is 4.61. The molecule has 4 nitrogen and oxygen atoms in total. The number of benzene rings is 1. The first-order valence-corrected chi connectivity index (χ1v) is 11.0. The van der Waals surface area contributed by atoms with Crippen LogP contribution in [-0.4, -0.2) is 29.9 Å². The standard InChI is InChI=1S/C18H20N2O2S3/c1-3-22-9-8-20-15-7-6-13(23-2)11-16(15)25-18(20)19-17(21)12-14-5-4-10-24-14/h4-7,10-11H,3,8-9,12H2,1-2H3. The van der Waals surface area contributed by atoms with Crippen molar-refractivity contribution in [2.45, 2.75) is 24.8 Å². The quantitative estimate of drug-likeness (QED) is 0.447. The Kier molecular flexibility index (Phi) is 6.47. The first-order valence-electron chi connectivity index (χ1n) is 8.06. The Labute approximate surface area is 159 Å². The highest BCUT2D eigenvalue weighted by atomic mass is 32.2. The van der Waals surface area contributed by atoms with Gasteiger partial charge in [-0.1, -0.05) is 17.4 Å². The summed E-state index contributed by atoms with van der Waals surface area (Å²) < 4.78 is 8.73. The molecule has 0 fully saturated rings. The van der Waals surface area contributed by atoms with Crippen LogP contribution in [0, 0.1) is 0 Å². The lowest BCUT2D eigenvalue weighted by Gasteiger charge is -2.05. The minimum Gasteiger partial charge on any atom is -0.380 e. The van der Waals surface area contributed by atoms with E-state index in [1.54, 1.807) is 34.4 Å². The summed E-state index contributed by atoms with van der Waals surface area (Å²) in [5, 5.41) is 1.98. The molecule has 25 heavy (non-hydrogen) atoms. The molecule has 0 saturated carbocycles. The summed E-state index contributed by atoms with van der Waals surface area (Å²) in [6.45, 7) is 3.97. The molecule has 0 aliphatic heterocycles. The van der Waals surface area contributed by atoms with E-state index < -0.39 is 0 Å². The van der Waals surface area contributed by atoms with Crippen LogP contribution in [0.25, 0.3) is 10.2 Å². The topological polar surface area (TPSA) is 43.6 Å². The normalized spacial score (nSPS) is 12.2. The van der Waals surface area contributed by atoms with Crippen molar-refractivity contribution >= 4 is 50.6 Å². The molecule has 2 heterocycles. The highest BCUT2D eigenvalue weighted by Crippen LogP contribution is 2.24. The van der Waals surface area contributed by atoms with Crippen LogP contribution >= 0.6 is 34.4 Å². The second-order valence-corrected chi connectivity index (χ2v) is 8.25.